The maximum absolute atomic E-state index is 13.6. The Morgan fingerprint density at radius 1 is 1.12 bits per heavy atom. The SMILES string of the molecule is O=C(N1CCn2c1nc1ccccc12)C1(n2cccn2)CCNCC1. The summed E-state index contributed by atoms with van der Waals surface area (Å²) in [6.07, 6.45) is 5.13. The van der Waals surface area contributed by atoms with Gasteiger partial charge in [-0.3, -0.25) is 14.4 Å². The summed E-state index contributed by atoms with van der Waals surface area (Å²) in [6.45, 7) is 3.09. The van der Waals surface area contributed by atoms with Crippen LogP contribution in [0.5, 0.6) is 0 Å². The van der Waals surface area contributed by atoms with Crippen LogP contribution in [0.1, 0.15) is 12.8 Å². The molecular formula is C18H20N6O. The Morgan fingerprint density at radius 2 is 1.96 bits per heavy atom. The molecule has 1 N–H and O–H groups in total. The number of benzene rings is 1. The normalized spacial score (nSPS) is 19.3. The largest absolute Gasteiger partial charge is 0.317 e. The third-order valence-corrected chi connectivity index (χ3v) is 5.44. The molecule has 2 aliphatic rings. The van der Waals surface area contributed by atoms with Gasteiger partial charge in [0.05, 0.1) is 11.0 Å². The molecule has 2 aromatic heterocycles. The lowest BCUT2D eigenvalue weighted by atomic mass is 9.87. The predicted molar refractivity (Wildman–Crippen MR) is 94.4 cm³/mol. The highest BCUT2D eigenvalue weighted by Crippen LogP contribution is 2.34. The van der Waals surface area contributed by atoms with Crippen LogP contribution in [0.2, 0.25) is 0 Å². The average Bonchev–Trinajstić information content (AvgIpc) is 3.38. The first kappa shape index (κ1) is 14.7. The van der Waals surface area contributed by atoms with E-state index < -0.39 is 5.54 Å². The zero-order chi connectivity index (χ0) is 16.9. The van der Waals surface area contributed by atoms with E-state index in [0.29, 0.717) is 6.54 Å². The van der Waals surface area contributed by atoms with Gasteiger partial charge in [-0.05, 0) is 44.1 Å². The minimum Gasteiger partial charge on any atom is -0.317 e. The summed E-state index contributed by atoms with van der Waals surface area (Å²) in [5.41, 5.74) is 1.40. The monoisotopic (exact) mass is 336 g/mol. The number of amides is 1. The molecule has 1 aromatic carbocycles. The molecule has 3 aromatic rings. The molecule has 0 atom stereocenters. The van der Waals surface area contributed by atoms with Crippen molar-refractivity contribution < 1.29 is 4.79 Å². The third-order valence-electron chi connectivity index (χ3n) is 5.44. The number of anilines is 1. The molecule has 0 radical (unpaired) electrons. The van der Waals surface area contributed by atoms with E-state index in [1.807, 2.05) is 40.0 Å². The van der Waals surface area contributed by atoms with Crippen molar-refractivity contribution >= 4 is 22.9 Å². The average molecular weight is 336 g/mol. The molecule has 7 heteroatoms. The van der Waals surface area contributed by atoms with Crippen molar-refractivity contribution in [1.29, 1.82) is 0 Å². The molecule has 1 fully saturated rings. The van der Waals surface area contributed by atoms with E-state index in [2.05, 4.69) is 21.0 Å². The van der Waals surface area contributed by atoms with Crippen LogP contribution >= 0.6 is 0 Å². The second-order valence-corrected chi connectivity index (χ2v) is 6.74. The molecule has 5 rings (SSSR count). The first-order chi connectivity index (χ1) is 12.3. The quantitative estimate of drug-likeness (QED) is 0.767. The van der Waals surface area contributed by atoms with E-state index in [9.17, 15) is 4.79 Å². The fraction of sp³-hybridized carbons (Fsp3) is 0.389. The number of nitrogens with zero attached hydrogens (tertiary/aromatic N) is 5. The Balaban J connectivity index is 1.58. The highest BCUT2D eigenvalue weighted by Gasteiger charge is 2.46. The van der Waals surface area contributed by atoms with Gasteiger partial charge in [-0.15, -0.1) is 0 Å². The molecule has 2 aliphatic heterocycles. The van der Waals surface area contributed by atoms with E-state index in [-0.39, 0.29) is 5.91 Å². The lowest BCUT2D eigenvalue weighted by molar-refractivity contribution is -0.129. The topological polar surface area (TPSA) is 68.0 Å². The molecule has 4 heterocycles. The number of piperidine rings is 1. The number of carbonyl (C=O) groups is 1. The smallest absolute Gasteiger partial charge is 0.257 e. The number of hydrogen-bond acceptors (Lipinski definition) is 4. The van der Waals surface area contributed by atoms with E-state index in [4.69, 9.17) is 4.98 Å². The fourth-order valence-electron chi connectivity index (χ4n) is 4.14. The lowest BCUT2D eigenvalue weighted by Gasteiger charge is -2.38. The Bertz CT molecular complexity index is 922. The van der Waals surface area contributed by atoms with E-state index in [1.165, 1.54) is 0 Å². The first-order valence-electron chi connectivity index (χ1n) is 8.78. The molecule has 128 valence electrons. The van der Waals surface area contributed by atoms with Gasteiger partial charge in [-0.2, -0.15) is 5.10 Å². The standard InChI is InChI=1S/C18H20N6O/c25-16(18(6-9-19-10-7-18)24-11-3-8-20-24)23-13-12-22-15-5-2-1-4-14(15)21-17(22)23/h1-5,8,11,19H,6-7,9-10,12-13H2. The second kappa shape index (κ2) is 5.42. The van der Waals surface area contributed by atoms with Gasteiger partial charge < -0.3 is 9.88 Å². The van der Waals surface area contributed by atoms with Crippen molar-refractivity contribution in [1.82, 2.24) is 24.6 Å². The summed E-state index contributed by atoms with van der Waals surface area (Å²) in [5.74, 6) is 0.864. The molecule has 1 amide bonds. The number of hydrogen-bond donors (Lipinski definition) is 1. The molecule has 25 heavy (non-hydrogen) atoms. The molecule has 0 unspecified atom stereocenters. The summed E-state index contributed by atoms with van der Waals surface area (Å²) >= 11 is 0. The minimum atomic E-state index is -0.623. The number of imidazole rings is 1. The number of para-hydroxylation sites is 2. The van der Waals surface area contributed by atoms with Crippen molar-refractivity contribution in [2.75, 3.05) is 24.5 Å². The summed E-state index contributed by atoms with van der Waals surface area (Å²) in [6, 6.07) is 9.94. The Hall–Kier alpha value is -2.67. The summed E-state index contributed by atoms with van der Waals surface area (Å²) in [5, 5.41) is 7.77. The van der Waals surface area contributed by atoms with Crippen LogP contribution in [0.15, 0.2) is 42.7 Å². The van der Waals surface area contributed by atoms with Crippen molar-refractivity contribution in [2.24, 2.45) is 0 Å². The second-order valence-electron chi connectivity index (χ2n) is 6.74. The van der Waals surface area contributed by atoms with Gasteiger partial charge in [-0.25, -0.2) is 4.98 Å². The molecule has 0 spiro atoms. The molecule has 0 bridgehead atoms. The lowest BCUT2D eigenvalue weighted by Crippen LogP contribution is -2.55. The van der Waals surface area contributed by atoms with Crippen LogP contribution in [0.4, 0.5) is 5.95 Å². The fourth-order valence-corrected chi connectivity index (χ4v) is 4.14. The maximum Gasteiger partial charge on any atom is 0.257 e. The van der Waals surface area contributed by atoms with Gasteiger partial charge in [-0.1, -0.05) is 12.1 Å². The Morgan fingerprint density at radius 3 is 2.76 bits per heavy atom. The maximum atomic E-state index is 13.6. The van der Waals surface area contributed by atoms with E-state index in [1.54, 1.807) is 6.20 Å². The predicted octanol–water partition coefficient (Wildman–Crippen LogP) is 1.36. The van der Waals surface area contributed by atoms with Crippen molar-refractivity contribution in [3.8, 4) is 0 Å². The van der Waals surface area contributed by atoms with Crippen LogP contribution in [0, 0.1) is 0 Å². The van der Waals surface area contributed by atoms with Crippen LogP contribution < -0.4 is 10.2 Å². The summed E-state index contributed by atoms with van der Waals surface area (Å²) in [4.78, 5) is 20.2. The van der Waals surface area contributed by atoms with Crippen molar-refractivity contribution in [3.05, 3.63) is 42.7 Å². The molecule has 0 aliphatic carbocycles. The van der Waals surface area contributed by atoms with Gasteiger partial charge in [0.25, 0.3) is 5.91 Å². The minimum absolute atomic E-state index is 0.103. The van der Waals surface area contributed by atoms with Gasteiger partial charge in [0.2, 0.25) is 5.95 Å². The number of fused-ring (bicyclic) bond motifs is 3. The van der Waals surface area contributed by atoms with Crippen LogP contribution in [-0.4, -0.2) is 44.9 Å². The van der Waals surface area contributed by atoms with Gasteiger partial charge in [0.15, 0.2) is 0 Å². The molecule has 7 nitrogen and oxygen atoms in total. The van der Waals surface area contributed by atoms with Crippen LogP contribution in [0.25, 0.3) is 11.0 Å². The number of aromatic nitrogens is 4. The first-order valence-corrected chi connectivity index (χ1v) is 8.78. The molecule has 1 saturated heterocycles. The van der Waals surface area contributed by atoms with Gasteiger partial charge in [0, 0.05) is 25.5 Å². The Labute approximate surface area is 145 Å². The number of rotatable bonds is 2. The summed E-state index contributed by atoms with van der Waals surface area (Å²) in [7, 11) is 0. The van der Waals surface area contributed by atoms with Crippen molar-refractivity contribution in [3.63, 3.8) is 0 Å². The highest BCUT2D eigenvalue weighted by molar-refractivity contribution is 5.99. The Kier molecular flexibility index (Phi) is 3.18. The number of nitrogens with one attached hydrogen (secondary N) is 1. The van der Waals surface area contributed by atoms with Gasteiger partial charge in [0.1, 0.15) is 5.54 Å². The van der Waals surface area contributed by atoms with Crippen molar-refractivity contribution in [2.45, 2.75) is 24.9 Å². The molecular weight excluding hydrogens is 316 g/mol. The zero-order valence-corrected chi connectivity index (χ0v) is 13.9. The molecule has 0 saturated carbocycles. The highest BCUT2D eigenvalue weighted by atomic mass is 16.2. The van der Waals surface area contributed by atoms with Crippen LogP contribution in [0.3, 0.4) is 0 Å². The summed E-state index contributed by atoms with van der Waals surface area (Å²) < 4.78 is 3.99. The van der Waals surface area contributed by atoms with Crippen LogP contribution in [-0.2, 0) is 16.9 Å². The third kappa shape index (κ3) is 2.05. The number of carbonyl (C=O) groups excluding carboxylic acids is 1. The van der Waals surface area contributed by atoms with E-state index >= 15 is 0 Å². The van der Waals surface area contributed by atoms with Gasteiger partial charge >= 0.3 is 0 Å². The zero-order valence-electron chi connectivity index (χ0n) is 13.9. The van der Waals surface area contributed by atoms with E-state index in [0.717, 1.165) is 49.5 Å².